The highest BCUT2D eigenvalue weighted by atomic mass is 16.4. The van der Waals surface area contributed by atoms with Crippen molar-refractivity contribution in [2.24, 2.45) is 11.8 Å². The molecule has 1 saturated carbocycles. The number of aryl methyl sites for hydroxylation is 1. The van der Waals surface area contributed by atoms with Gasteiger partial charge in [-0.25, -0.2) is 0 Å². The molecule has 1 aromatic rings. The first kappa shape index (κ1) is 10.7. The molecule has 1 aliphatic carbocycles. The van der Waals surface area contributed by atoms with Crippen molar-refractivity contribution in [2.45, 2.75) is 45.6 Å². The number of aliphatic hydroxyl groups excluding tert-OH is 1. The molecule has 0 spiro atoms. The lowest BCUT2D eigenvalue weighted by Crippen LogP contribution is -2.19. The van der Waals surface area contributed by atoms with Crippen LogP contribution in [0.15, 0.2) is 16.7 Å². The molecule has 1 aliphatic rings. The number of furan rings is 1. The Bertz CT molecular complexity index is 308. The number of rotatable bonds is 2. The standard InChI is InChI=1S/C13H20O2/c1-9-3-5-11(6-4-9)12(14)13-10(2)7-8-15-13/h7-9,11-12,14H,3-6H2,1-2H3. The Morgan fingerprint density at radius 3 is 2.53 bits per heavy atom. The van der Waals surface area contributed by atoms with E-state index in [0.717, 1.165) is 30.1 Å². The summed E-state index contributed by atoms with van der Waals surface area (Å²) in [6, 6.07) is 1.92. The third-order valence-electron chi connectivity index (χ3n) is 3.68. The molecular weight excluding hydrogens is 188 g/mol. The van der Waals surface area contributed by atoms with Crippen LogP contribution >= 0.6 is 0 Å². The zero-order valence-corrected chi connectivity index (χ0v) is 9.57. The normalized spacial score (nSPS) is 29.0. The van der Waals surface area contributed by atoms with Crippen molar-refractivity contribution in [3.8, 4) is 0 Å². The van der Waals surface area contributed by atoms with Crippen LogP contribution in [-0.4, -0.2) is 5.11 Å². The summed E-state index contributed by atoms with van der Waals surface area (Å²) in [5, 5.41) is 10.2. The number of hydrogen-bond acceptors (Lipinski definition) is 2. The molecule has 0 aromatic carbocycles. The van der Waals surface area contributed by atoms with Crippen LogP contribution < -0.4 is 0 Å². The van der Waals surface area contributed by atoms with Gasteiger partial charge in [-0.1, -0.05) is 19.8 Å². The van der Waals surface area contributed by atoms with E-state index in [9.17, 15) is 5.11 Å². The Balaban J connectivity index is 2.02. The predicted octanol–water partition coefficient (Wildman–Crippen LogP) is 3.45. The zero-order chi connectivity index (χ0) is 10.8. The highest BCUT2D eigenvalue weighted by Crippen LogP contribution is 2.37. The second kappa shape index (κ2) is 4.40. The van der Waals surface area contributed by atoms with Gasteiger partial charge in [0.05, 0.1) is 6.26 Å². The fourth-order valence-corrected chi connectivity index (χ4v) is 2.50. The average Bonchev–Trinajstić information content (AvgIpc) is 2.65. The summed E-state index contributed by atoms with van der Waals surface area (Å²) in [6.07, 6.45) is 6.00. The van der Waals surface area contributed by atoms with Crippen molar-refractivity contribution in [3.05, 3.63) is 23.7 Å². The molecule has 0 radical (unpaired) electrons. The van der Waals surface area contributed by atoms with Crippen molar-refractivity contribution in [3.63, 3.8) is 0 Å². The summed E-state index contributed by atoms with van der Waals surface area (Å²) < 4.78 is 5.36. The van der Waals surface area contributed by atoms with Crippen LogP contribution in [0.2, 0.25) is 0 Å². The van der Waals surface area contributed by atoms with Gasteiger partial charge < -0.3 is 9.52 Å². The van der Waals surface area contributed by atoms with Crippen molar-refractivity contribution in [1.82, 2.24) is 0 Å². The van der Waals surface area contributed by atoms with Crippen LogP contribution in [0, 0.1) is 18.8 Å². The van der Waals surface area contributed by atoms with Crippen molar-refractivity contribution < 1.29 is 9.52 Å². The molecule has 0 amide bonds. The van der Waals surface area contributed by atoms with Gasteiger partial charge in [-0.2, -0.15) is 0 Å². The number of hydrogen-bond donors (Lipinski definition) is 1. The van der Waals surface area contributed by atoms with Gasteiger partial charge in [0.2, 0.25) is 0 Å². The molecule has 1 heterocycles. The van der Waals surface area contributed by atoms with E-state index < -0.39 is 6.10 Å². The van der Waals surface area contributed by atoms with Crippen LogP contribution in [0.5, 0.6) is 0 Å². The molecule has 1 aromatic heterocycles. The average molecular weight is 208 g/mol. The van der Waals surface area contributed by atoms with Crippen molar-refractivity contribution in [2.75, 3.05) is 0 Å². The smallest absolute Gasteiger partial charge is 0.135 e. The number of aliphatic hydroxyl groups is 1. The molecule has 15 heavy (non-hydrogen) atoms. The summed E-state index contributed by atoms with van der Waals surface area (Å²) in [7, 11) is 0. The maximum absolute atomic E-state index is 10.2. The Morgan fingerprint density at radius 2 is 2.00 bits per heavy atom. The van der Waals surface area contributed by atoms with E-state index in [2.05, 4.69) is 6.92 Å². The summed E-state index contributed by atoms with van der Waals surface area (Å²) in [5.41, 5.74) is 1.07. The molecule has 0 saturated heterocycles. The fourth-order valence-electron chi connectivity index (χ4n) is 2.50. The largest absolute Gasteiger partial charge is 0.466 e. The maximum Gasteiger partial charge on any atom is 0.135 e. The molecular formula is C13H20O2. The Hall–Kier alpha value is -0.760. The van der Waals surface area contributed by atoms with Crippen molar-refractivity contribution >= 4 is 0 Å². The first-order valence-corrected chi connectivity index (χ1v) is 5.90. The van der Waals surface area contributed by atoms with Crippen molar-refractivity contribution in [1.29, 1.82) is 0 Å². The molecule has 2 rings (SSSR count). The van der Waals surface area contributed by atoms with Gasteiger partial charge in [-0.15, -0.1) is 0 Å². The Morgan fingerprint density at radius 1 is 1.33 bits per heavy atom. The van der Waals surface area contributed by atoms with E-state index in [1.54, 1.807) is 6.26 Å². The van der Waals surface area contributed by atoms with Gasteiger partial charge in [0.1, 0.15) is 11.9 Å². The van der Waals surface area contributed by atoms with E-state index >= 15 is 0 Å². The lowest BCUT2D eigenvalue weighted by Gasteiger charge is -2.29. The fraction of sp³-hybridized carbons (Fsp3) is 0.692. The van der Waals surface area contributed by atoms with Crippen LogP contribution in [0.25, 0.3) is 0 Å². The van der Waals surface area contributed by atoms with Gasteiger partial charge in [-0.3, -0.25) is 0 Å². The van der Waals surface area contributed by atoms with E-state index in [1.807, 2.05) is 13.0 Å². The highest BCUT2D eigenvalue weighted by Gasteiger charge is 2.28. The Labute approximate surface area is 91.3 Å². The molecule has 1 unspecified atom stereocenters. The van der Waals surface area contributed by atoms with Crippen LogP contribution in [-0.2, 0) is 0 Å². The van der Waals surface area contributed by atoms with E-state index in [1.165, 1.54) is 12.8 Å². The van der Waals surface area contributed by atoms with Crippen LogP contribution in [0.4, 0.5) is 0 Å². The second-order valence-corrected chi connectivity index (χ2v) is 4.93. The van der Waals surface area contributed by atoms with Gasteiger partial charge in [0.15, 0.2) is 0 Å². The first-order chi connectivity index (χ1) is 7.18. The molecule has 1 fully saturated rings. The molecule has 84 valence electrons. The van der Waals surface area contributed by atoms with Gasteiger partial charge in [-0.05, 0) is 43.2 Å². The molecule has 1 N–H and O–H groups in total. The molecule has 2 nitrogen and oxygen atoms in total. The van der Waals surface area contributed by atoms with Gasteiger partial charge in [0.25, 0.3) is 0 Å². The summed E-state index contributed by atoms with van der Waals surface area (Å²) >= 11 is 0. The minimum Gasteiger partial charge on any atom is -0.466 e. The molecule has 0 aliphatic heterocycles. The third kappa shape index (κ3) is 2.25. The minimum atomic E-state index is -0.396. The Kier molecular flexibility index (Phi) is 3.15. The molecule has 2 heteroatoms. The third-order valence-corrected chi connectivity index (χ3v) is 3.68. The topological polar surface area (TPSA) is 33.4 Å². The highest BCUT2D eigenvalue weighted by molar-refractivity contribution is 5.17. The predicted molar refractivity (Wildman–Crippen MR) is 59.5 cm³/mol. The summed E-state index contributed by atoms with van der Waals surface area (Å²) in [4.78, 5) is 0. The quantitative estimate of drug-likeness (QED) is 0.807. The van der Waals surface area contributed by atoms with Crippen LogP contribution in [0.1, 0.15) is 50.0 Å². The first-order valence-electron chi connectivity index (χ1n) is 5.90. The lowest BCUT2D eigenvalue weighted by atomic mass is 9.79. The molecule has 1 atom stereocenters. The minimum absolute atomic E-state index is 0.394. The summed E-state index contributed by atoms with van der Waals surface area (Å²) in [5.74, 6) is 1.99. The zero-order valence-electron chi connectivity index (χ0n) is 9.57. The monoisotopic (exact) mass is 208 g/mol. The second-order valence-electron chi connectivity index (χ2n) is 4.93. The van der Waals surface area contributed by atoms with E-state index in [4.69, 9.17) is 4.42 Å². The van der Waals surface area contributed by atoms with E-state index in [-0.39, 0.29) is 0 Å². The molecule has 0 bridgehead atoms. The van der Waals surface area contributed by atoms with E-state index in [0.29, 0.717) is 5.92 Å². The van der Waals surface area contributed by atoms with Gasteiger partial charge >= 0.3 is 0 Å². The summed E-state index contributed by atoms with van der Waals surface area (Å²) in [6.45, 7) is 4.29. The SMILES string of the molecule is Cc1ccoc1C(O)C1CCC(C)CC1. The van der Waals surface area contributed by atoms with Gasteiger partial charge in [0, 0.05) is 0 Å². The maximum atomic E-state index is 10.2. The lowest BCUT2D eigenvalue weighted by molar-refractivity contribution is 0.0568. The van der Waals surface area contributed by atoms with Crippen LogP contribution in [0.3, 0.4) is 0 Å².